The molecule has 0 saturated carbocycles. The van der Waals surface area contributed by atoms with E-state index < -0.39 is 6.04 Å². The summed E-state index contributed by atoms with van der Waals surface area (Å²) in [7, 11) is 1.89. The minimum Gasteiger partial charge on any atom is -0.344 e. The Morgan fingerprint density at radius 2 is 2.25 bits per heavy atom. The number of fused-ring (bicyclic) bond motifs is 1. The highest BCUT2D eigenvalue weighted by Crippen LogP contribution is 2.15. The third-order valence-electron chi connectivity index (χ3n) is 3.45. The lowest BCUT2D eigenvalue weighted by molar-refractivity contribution is -0.129. The molecule has 3 rings (SSSR count). The molecule has 0 radical (unpaired) electrons. The van der Waals surface area contributed by atoms with Crippen LogP contribution in [-0.4, -0.2) is 22.4 Å². The van der Waals surface area contributed by atoms with Crippen LogP contribution in [0.1, 0.15) is 19.3 Å². The van der Waals surface area contributed by atoms with Crippen molar-refractivity contribution in [2.45, 2.75) is 25.3 Å². The van der Waals surface area contributed by atoms with Gasteiger partial charge in [0.05, 0.1) is 10.2 Å². The normalized spacial score (nSPS) is 20.1. The van der Waals surface area contributed by atoms with Crippen molar-refractivity contribution < 1.29 is 9.59 Å². The average Bonchev–Trinajstić information content (AvgIpc) is 2.76. The standard InChI is InChI=1S/C14H15N3O2S/c1-17-10-6-2-3-7-11(10)20-14(17)16-13(19)9-5-4-8-12(18)15-9/h2-3,6-7,9H,4-5,8H2,1H3,(H,15,18). The van der Waals surface area contributed by atoms with Gasteiger partial charge >= 0.3 is 0 Å². The van der Waals surface area contributed by atoms with E-state index in [1.807, 2.05) is 35.9 Å². The van der Waals surface area contributed by atoms with Crippen LogP contribution >= 0.6 is 11.3 Å². The van der Waals surface area contributed by atoms with Gasteiger partial charge in [-0.05, 0) is 25.0 Å². The number of aryl methyl sites for hydroxylation is 1. The van der Waals surface area contributed by atoms with Crippen molar-refractivity contribution in [3.05, 3.63) is 29.1 Å². The molecule has 1 aliphatic rings. The van der Waals surface area contributed by atoms with Gasteiger partial charge in [0.25, 0.3) is 5.91 Å². The van der Waals surface area contributed by atoms with Gasteiger partial charge in [0.15, 0.2) is 4.80 Å². The van der Waals surface area contributed by atoms with E-state index in [4.69, 9.17) is 0 Å². The third kappa shape index (κ3) is 2.38. The van der Waals surface area contributed by atoms with Gasteiger partial charge in [0, 0.05) is 13.5 Å². The Bertz CT molecular complexity index is 744. The Hall–Kier alpha value is -1.95. The van der Waals surface area contributed by atoms with E-state index in [1.165, 1.54) is 11.3 Å². The number of thiazole rings is 1. The minimum atomic E-state index is -0.471. The largest absolute Gasteiger partial charge is 0.344 e. The van der Waals surface area contributed by atoms with E-state index >= 15 is 0 Å². The van der Waals surface area contributed by atoms with Gasteiger partial charge < -0.3 is 9.88 Å². The summed E-state index contributed by atoms with van der Waals surface area (Å²) in [5, 5.41) is 2.70. The second-order valence-electron chi connectivity index (χ2n) is 4.87. The first kappa shape index (κ1) is 13.1. The summed E-state index contributed by atoms with van der Waals surface area (Å²) in [5.41, 5.74) is 1.05. The van der Waals surface area contributed by atoms with Gasteiger partial charge in [-0.15, -0.1) is 0 Å². The molecule has 1 atom stereocenters. The second-order valence-corrected chi connectivity index (χ2v) is 5.88. The molecule has 1 fully saturated rings. The smallest absolute Gasteiger partial charge is 0.270 e. The highest BCUT2D eigenvalue weighted by Gasteiger charge is 2.24. The summed E-state index contributed by atoms with van der Waals surface area (Å²) in [4.78, 5) is 28.3. The third-order valence-corrected chi connectivity index (χ3v) is 4.56. The van der Waals surface area contributed by atoms with Gasteiger partial charge in [0.2, 0.25) is 5.91 Å². The summed E-state index contributed by atoms with van der Waals surface area (Å²) in [6.45, 7) is 0. The molecule has 6 heteroatoms. The van der Waals surface area contributed by atoms with E-state index in [0.29, 0.717) is 17.6 Å². The topological polar surface area (TPSA) is 63.5 Å². The number of hydrogen-bond donors (Lipinski definition) is 1. The summed E-state index contributed by atoms with van der Waals surface area (Å²) in [6.07, 6.45) is 1.92. The number of piperidine rings is 1. The Labute approximate surface area is 120 Å². The number of nitrogens with zero attached hydrogens (tertiary/aromatic N) is 2. The highest BCUT2D eigenvalue weighted by molar-refractivity contribution is 7.16. The lowest BCUT2D eigenvalue weighted by atomic mass is 10.0. The van der Waals surface area contributed by atoms with E-state index in [-0.39, 0.29) is 11.8 Å². The van der Waals surface area contributed by atoms with Gasteiger partial charge in [0.1, 0.15) is 6.04 Å². The predicted molar refractivity (Wildman–Crippen MR) is 77.1 cm³/mol. The number of benzene rings is 1. The molecule has 20 heavy (non-hydrogen) atoms. The average molecular weight is 289 g/mol. The second kappa shape index (κ2) is 5.20. The quantitative estimate of drug-likeness (QED) is 0.861. The zero-order chi connectivity index (χ0) is 14.1. The number of carbonyl (C=O) groups excluding carboxylic acids is 2. The molecule has 0 bridgehead atoms. The first-order chi connectivity index (χ1) is 9.65. The van der Waals surface area contributed by atoms with Crippen LogP contribution in [0.25, 0.3) is 10.2 Å². The predicted octanol–water partition coefficient (Wildman–Crippen LogP) is 1.34. The molecular weight excluding hydrogens is 274 g/mol. The number of carbonyl (C=O) groups is 2. The molecule has 1 aromatic heterocycles. The Morgan fingerprint density at radius 3 is 3.00 bits per heavy atom. The van der Waals surface area contributed by atoms with Crippen LogP contribution in [0.15, 0.2) is 29.3 Å². The number of para-hydroxylation sites is 1. The molecule has 0 aliphatic carbocycles. The molecule has 1 aliphatic heterocycles. The van der Waals surface area contributed by atoms with Crippen LogP contribution in [0.2, 0.25) is 0 Å². The maximum atomic E-state index is 12.2. The highest BCUT2D eigenvalue weighted by atomic mass is 32.1. The van der Waals surface area contributed by atoms with Crippen molar-refractivity contribution in [1.82, 2.24) is 9.88 Å². The van der Waals surface area contributed by atoms with E-state index in [2.05, 4.69) is 10.3 Å². The molecule has 2 aromatic rings. The van der Waals surface area contributed by atoms with E-state index in [9.17, 15) is 9.59 Å². The Morgan fingerprint density at radius 1 is 1.45 bits per heavy atom. The van der Waals surface area contributed by atoms with Crippen molar-refractivity contribution in [3.8, 4) is 0 Å². The van der Waals surface area contributed by atoms with Crippen LogP contribution in [-0.2, 0) is 16.6 Å². The van der Waals surface area contributed by atoms with Crippen molar-refractivity contribution >= 4 is 33.4 Å². The molecule has 1 aromatic carbocycles. The molecule has 0 spiro atoms. The zero-order valence-corrected chi connectivity index (χ0v) is 11.9. The molecule has 2 amide bonds. The van der Waals surface area contributed by atoms with Gasteiger partial charge in [-0.25, -0.2) is 0 Å². The molecular formula is C14H15N3O2S. The van der Waals surface area contributed by atoms with Gasteiger partial charge in [-0.1, -0.05) is 23.5 Å². The fourth-order valence-electron chi connectivity index (χ4n) is 2.35. The first-order valence-electron chi connectivity index (χ1n) is 6.57. The molecule has 1 saturated heterocycles. The molecule has 1 unspecified atom stereocenters. The van der Waals surface area contributed by atoms with Crippen molar-refractivity contribution in [2.75, 3.05) is 0 Å². The van der Waals surface area contributed by atoms with Crippen molar-refractivity contribution in [3.63, 3.8) is 0 Å². The monoisotopic (exact) mass is 289 g/mol. The lowest BCUT2D eigenvalue weighted by Crippen LogP contribution is -2.43. The van der Waals surface area contributed by atoms with Crippen LogP contribution in [0.5, 0.6) is 0 Å². The molecule has 104 valence electrons. The molecule has 2 heterocycles. The Kier molecular flexibility index (Phi) is 3.40. The fourth-order valence-corrected chi connectivity index (χ4v) is 3.37. The van der Waals surface area contributed by atoms with E-state index in [1.54, 1.807) is 0 Å². The summed E-state index contributed by atoms with van der Waals surface area (Å²) >= 11 is 1.48. The maximum Gasteiger partial charge on any atom is 0.270 e. The number of aromatic nitrogens is 1. The number of amides is 2. The summed E-state index contributed by atoms with van der Waals surface area (Å²) in [5.74, 6) is -0.328. The van der Waals surface area contributed by atoms with Crippen molar-refractivity contribution in [1.29, 1.82) is 0 Å². The summed E-state index contributed by atoms with van der Waals surface area (Å²) in [6, 6.07) is 7.46. The van der Waals surface area contributed by atoms with Crippen LogP contribution < -0.4 is 10.1 Å². The van der Waals surface area contributed by atoms with Crippen LogP contribution in [0.4, 0.5) is 0 Å². The van der Waals surface area contributed by atoms with Crippen molar-refractivity contribution in [2.24, 2.45) is 12.0 Å². The zero-order valence-electron chi connectivity index (χ0n) is 11.1. The molecule has 1 N–H and O–H groups in total. The molecule has 5 nitrogen and oxygen atoms in total. The minimum absolute atomic E-state index is 0.0643. The number of hydrogen-bond acceptors (Lipinski definition) is 3. The fraction of sp³-hybridized carbons (Fsp3) is 0.357. The van der Waals surface area contributed by atoms with Crippen LogP contribution in [0, 0.1) is 0 Å². The maximum absolute atomic E-state index is 12.2. The number of rotatable bonds is 1. The first-order valence-corrected chi connectivity index (χ1v) is 7.39. The van der Waals surface area contributed by atoms with E-state index in [0.717, 1.165) is 16.6 Å². The van der Waals surface area contributed by atoms with Crippen LogP contribution in [0.3, 0.4) is 0 Å². The van der Waals surface area contributed by atoms with Gasteiger partial charge in [-0.2, -0.15) is 4.99 Å². The summed E-state index contributed by atoms with van der Waals surface area (Å²) < 4.78 is 3.00. The van der Waals surface area contributed by atoms with Gasteiger partial charge in [-0.3, -0.25) is 9.59 Å². The Balaban J connectivity index is 1.95. The lowest BCUT2D eigenvalue weighted by Gasteiger charge is -2.19. The number of nitrogens with one attached hydrogen (secondary N) is 1. The SMILES string of the molecule is Cn1c(=NC(=O)C2CCCC(=O)N2)sc2ccccc21.